The van der Waals surface area contributed by atoms with Gasteiger partial charge in [-0.25, -0.2) is 0 Å². The number of amides is 2. The first-order valence-corrected chi connectivity index (χ1v) is 12.5. The molecule has 0 heterocycles. The van der Waals surface area contributed by atoms with Gasteiger partial charge in [0.1, 0.15) is 18.0 Å². The standard InChI is InChI=1S/C25H35IN2O5/c1-4-5-10-23(30)28(13-11-17(2)3)20-15-18(25(32)27-12-14-29)16-22(24(20)31)33-21-9-7-6-8-19(21)26/h4,6-9,16-17,20,22,24,29,31H,1,5,10-15H2,2-3H3,(H,27,32). The fourth-order valence-corrected chi connectivity index (χ4v) is 4.22. The third-order valence-electron chi connectivity index (χ3n) is 5.54. The van der Waals surface area contributed by atoms with Gasteiger partial charge < -0.3 is 25.2 Å². The Bertz CT molecular complexity index is 842. The lowest BCUT2D eigenvalue weighted by Crippen LogP contribution is -2.55. The van der Waals surface area contributed by atoms with Crippen LogP contribution in [0.2, 0.25) is 0 Å². The van der Waals surface area contributed by atoms with Crippen LogP contribution in [0.25, 0.3) is 0 Å². The van der Waals surface area contributed by atoms with Crippen molar-refractivity contribution in [2.75, 3.05) is 19.7 Å². The lowest BCUT2D eigenvalue weighted by molar-refractivity contribution is -0.138. The molecule has 1 aromatic carbocycles. The van der Waals surface area contributed by atoms with Crippen LogP contribution in [0.4, 0.5) is 0 Å². The fraction of sp³-hybridized carbons (Fsp3) is 0.520. The number of halogens is 1. The van der Waals surface area contributed by atoms with Gasteiger partial charge in [0, 0.05) is 31.5 Å². The fourth-order valence-electron chi connectivity index (χ4n) is 3.71. The van der Waals surface area contributed by atoms with Crippen LogP contribution in [0, 0.1) is 9.49 Å². The van der Waals surface area contributed by atoms with E-state index in [1.807, 2.05) is 24.3 Å². The van der Waals surface area contributed by atoms with Gasteiger partial charge >= 0.3 is 0 Å². The Balaban J connectivity index is 2.38. The molecule has 0 saturated heterocycles. The molecular formula is C25H35IN2O5. The van der Waals surface area contributed by atoms with Gasteiger partial charge in [0.2, 0.25) is 11.8 Å². The number of ether oxygens (including phenoxy) is 1. The number of aliphatic hydroxyl groups excluding tert-OH is 2. The van der Waals surface area contributed by atoms with E-state index in [1.165, 1.54) is 0 Å². The van der Waals surface area contributed by atoms with Crippen molar-refractivity contribution < 1.29 is 24.5 Å². The zero-order valence-corrected chi connectivity index (χ0v) is 21.5. The van der Waals surface area contributed by atoms with Crippen LogP contribution in [0.15, 0.2) is 48.6 Å². The molecule has 0 fully saturated rings. The van der Waals surface area contributed by atoms with Crippen molar-refractivity contribution in [2.24, 2.45) is 5.92 Å². The smallest absolute Gasteiger partial charge is 0.247 e. The number of nitrogens with one attached hydrogen (secondary N) is 1. The minimum atomic E-state index is -1.00. The first kappa shape index (κ1) is 27.3. The van der Waals surface area contributed by atoms with E-state index in [0.29, 0.717) is 36.6 Å². The zero-order valence-electron chi connectivity index (χ0n) is 19.4. The molecular weight excluding hydrogens is 535 g/mol. The summed E-state index contributed by atoms with van der Waals surface area (Å²) in [7, 11) is 0. The van der Waals surface area contributed by atoms with Crippen molar-refractivity contribution in [1.29, 1.82) is 0 Å². The molecule has 0 aromatic heterocycles. The number of rotatable bonds is 12. The van der Waals surface area contributed by atoms with Crippen molar-refractivity contribution >= 4 is 34.4 Å². The second-order valence-corrected chi connectivity index (χ2v) is 9.71. The molecule has 2 rings (SSSR count). The average Bonchev–Trinajstić information content (AvgIpc) is 2.79. The molecule has 8 heteroatoms. The summed E-state index contributed by atoms with van der Waals surface area (Å²) in [6.45, 7) is 8.30. The van der Waals surface area contributed by atoms with Gasteiger partial charge in [0.25, 0.3) is 0 Å². The number of benzene rings is 1. The summed E-state index contributed by atoms with van der Waals surface area (Å²) < 4.78 is 7.01. The number of aliphatic hydroxyl groups is 2. The number of carbonyl (C=O) groups excluding carboxylic acids is 2. The number of para-hydroxylation sites is 1. The Morgan fingerprint density at radius 2 is 2.09 bits per heavy atom. The van der Waals surface area contributed by atoms with Crippen molar-refractivity contribution in [3.05, 3.63) is 52.1 Å². The molecule has 33 heavy (non-hydrogen) atoms. The Kier molecular flexibility index (Phi) is 11.4. The van der Waals surface area contributed by atoms with E-state index in [1.54, 1.807) is 17.1 Å². The monoisotopic (exact) mass is 570 g/mol. The predicted molar refractivity (Wildman–Crippen MR) is 137 cm³/mol. The molecule has 2 amide bonds. The van der Waals surface area contributed by atoms with Gasteiger partial charge in [-0.2, -0.15) is 0 Å². The molecule has 7 nitrogen and oxygen atoms in total. The number of hydrogen-bond donors (Lipinski definition) is 3. The van der Waals surface area contributed by atoms with Gasteiger partial charge in [-0.1, -0.05) is 32.1 Å². The minimum absolute atomic E-state index is 0.0790. The SMILES string of the molecule is C=CCCC(=O)N(CCC(C)C)C1CC(C(=O)NCCO)=CC(Oc2ccccc2I)C1O. The van der Waals surface area contributed by atoms with E-state index in [4.69, 9.17) is 9.84 Å². The molecule has 3 N–H and O–H groups in total. The summed E-state index contributed by atoms with van der Waals surface area (Å²) in [5.74, 6) is 0.562. The van der Waals surface area contributed by atoms with Crippen LogP contribution >= 0.6 is 22.6 Å². The molecule has 0 radical (unpaired) electrons. The van der Waals surface area contributed by atoms with Gasteiger partial charge in [-0.3, -0.25) is 9.59 Å². The molecule has 0 spiro atoms. The molecule has 0 bridgehead atoms. The number of nitrogens with zero attached hydrogens (tertiary/aromatic N) is 1. The van der Waals surface area contributed by atoms with Crippen molar-refractivity contribution in [3.63, 3.8) is 0 Å². The summed E-state index contributed by atoms with van der Waals surface area (Å²) in [5.41, 5.74) is 0.431. The summed E-state index contributed by atoms with van der Waals surface area (Å²) in [6, 6.07) is 6.84. The quantitative estimate of drug-likeness (QED) is 0.265. The molecule has 0 aliphatic heterocycles. The Morgan fingerprint density at radius 3 is 2.73 bits per heavy atom. The molecule has 0 saturated carbocycles. The Morgan fingerprint density at radius 1 is 1.36 bits per heavy atom. The third-order valence-corrected chi connectivity index (χ3v) is 6.44. The van der Waals surface area contributed by atoms with Crippen LogP contribution in [0.3, 0.4) is 0 Å². The highest BCUT2D eigenvalue weighted by molar-refractivity contribution is 14.1. The summed E-state index contributed by atoms with van der Waals surface area (Å²) >= 11 is 2.16. The van der Waals surface area contributed by atoms with E-state index < -0.39 is 18.2 Å². The van der Waals surface area contributed by atoms with Gasteiger partial charge in [-0.15, -0.1) is 6.58 Å². The van der Waals surface area contributed by atoms with Crippen molar-refractivity contribution in [3.8, 4) is 5.75 Å². The maximum Gasteiger partial charge on any atom is 0.247 e. The van der Waals surface area contributed by atoms with E-state index in [-0.39, 0.29) is 31.4 Å². The maximum absolute atomic E-state index is 13.1. The molecule has 1 aromatic rings. The van der Waals surface area contributed by atoms with Crippen LogP contribution in [0.5, 0.6) is 5.75 Å². The number of hydrogen-bond acceptors (Lipinski definition) is 5. The summed E-state index contributed by atoms with van der Waals surface area (Å²) in [4.78, 5) is 27.6. The van der Waals surface area contributed by atoms with Gasteiger partial charge in [0.05, 0.1) is 16.2 Å². The first-order valence-electron chi connectivity index (χ1n) is 11.4. The largest absolute Gasteiger partial charge is 0.482 e. The number of carbonyl (C=O) groups is 2. The second-order valence-electron chi connectivity index (χ2n) is 8.54. The number of allylic oxidation sites excluding steroid dienone is 1. The van der Waals surface area contributed by atoms with E-state index in [0.717, 1.165) is 9.99 Å². The highest BCUT2D eigenvalue weighted by atomic mass is 127. The average molecular weight is 570 g/mol. The first-order chi connectivity index (χ1) is 15.8. The van der Waals surface area contributed by atoms with E-state index in [2.05, 4.69) is 48.3 Å². The molecule has 3 unspecified atom stereocenters. The molecule has 1 aliphatic carbocycles. The van der Waals surface area contributed by atoms with Gasteiger partial charge in [0.15, 0.2) is 0 Å². The molecule has 1 aliphatic rings. The van der Waals surface area contributed by atoms with E-state index in [9.17, 15) is 14.7 Å². The van der Waals surface area contributed by atoms with Gasteiger partial charge in [-0.05, 0) is 59.6 Å². The topological polar surface area (TPSA) is 99.1 Å². The van der Waals surface area contributed by atoms with Crippen LogP contribution in [-0.4, -0.2) is 64.9 Å². The lowest BCUT2D eigenvalue weighted by Gasteiger charge is -2.41. The van der Waals surface area contributed by atoms with Crippen LogP contribution in [0.1, 0.15) is 39.5 Å². The third kappa shape index (κ3) is 8.12. The maximum atomic E-state index is 13.1. The van der Waals surface area contributed by atoms with Crippen LogP contribution < -0.4 is 10.1 Å². The zero-order chi connectivity index (χ0) is 24.4. The lowest BCUT2D eigenvalue weighted by atomic mass is 9.87. The second kappa shape index (κ2) is 13.7. The summed E-state index contributed by atoms with van der Waals surface area (Å²) in [6.07, 6.45) is 3.35. The molecule has 3 atom stereocenters. The minimum Gasteiger partial charge on any atom is -0.482 e. The highest BCUT2D eigenvalue weighted by Crippen LogP contribution is 2.30. The van der Waals surface area contributed by atoms with Crippen molar-refractivity contribution in [2.45, 2.75) is 57.8 Å². The Hall–Kier alpha value is -1.91. The highest BCUT2D eigenvalue weighted by Gasteiger charge is 2.40. The van der Waals surface area contributed by atoms with E-state index >= 15 is 0 Å². The Labute approximate surface area is 210 Å². The van der Waals surface area contributed by atoms with Crippen molar-refractivity contribution in [1.82, 2.24) is 10.2 Å². The van der Waals surface area contributed by atoms with Crippen LogP contribution in [-0.2, 0) is 9.59 Å². The molecule has 182 valence electrons. The normalized spacial score (nSPS) is 20.2. The summed E-state index contributed by atoms with van der Waals surface area (Å²) in [5, 5.41) is 23.1. The predicted octanol–water partition coefficient (Wildman–Crippen LogP) is 3.05.